The summed E-state index contributed by atoms with van der Waals surface area (Å²) in [6.07, 6.45) is 32.3. The molecule has 0 saturated heterocycles. The summed E-state index contributed by atoms with van der Waals surface area (Å²) < 4.78 is 12.2. The van der Waals surface area contributed by atoms with E-state index >= 15 is 0 Å². The standard InChI is InChI=1S/C39H69NO4/c1-3-5-7-9-11-13-15-17-19-21-23-27-31-43-35-37(33-40-39(42)38-30-26-25-29-36(38)34-41)44-32-28-24-22-20-18-16-14-12-10-8-6-4-2/h25-26,29-30,34,37H,3-24,27-28,31-33,35H2,1-2H3,(H,40,42). The minimum absolute atomic E-state index is 0.188. The van der Waals surface area contributed by atoms with Crippen molar-refractivity contribution in [2.75, 3.05) is 26.4 Å². The van der Waals surface area contributed by atoms with Crippen LogP contribution >= 0.6 is 0 Å². The minimum Gasteiger partial charge on any atom is -0.379 e. The molecule has 5 heteroatoms. The molecule has 1 N–H and O–H groups in total. The average Bonchev–Trinajstić information content (AvgIpc) is 3.05. The first-order valence-corrected chi connectivity index (χ1v) is 18.7. The van der Waals surface area contributed by atoms with Gasteiger partial charge in [-0.25, -0.2) is 0 Å². The highest BCUT2D eigenvalue weighted by Gasteiger charge is 2.15. The van der Waals surface area contributed by atoms with Crippen LogP contribution in [0.25, 0.3) is 0 Å². The fourth-order valence-corrected chi connectivity index (χ4v) is 5.73. The number of rotatable bonds is 33. The zero-order valence-electron chi connectivity index (χ0n) is 28.9. The predicted octanol–water partition coefficient (Wildman–Crippen LogP) is 11.0. The van der Waals surface area contributed by atoms with Crippen LogP contribution in [0.1, 0.15) is 189 Å². The molecule has 0 fully saturated rings. The largest absolute Gasteiger partial charge is 0.379 e. The normalized spacial score (nSPS) is 12.0. The number of carbonyl (C=O) groups is 2. The van der Waals surface area contributed by atoms with Crippen LogP contribution in [0.15, 0.2) is 24.3 Å². The molecule has 0 spiro atoms. The van der Waals surface area contributed by atoms with Crippen LogP contribution in [0.4, 0.5) is 0 Å². The van der Waals surface area contributed by atoms with Crippen LogP contribution in [-0.4, -0.2) is 44.7 Å². The third-order valence-corrected chi connectivity index (χ3v) is 8.62. The minimum atomic E-state index is -0.243. The second kappa shape index (κ2) is 31.3. The third kappa shape index (κ3) is 23.6. The number of aldehydes is 1. The van der Waals surface area contributed by atoms with E-state index in [1.807, 2.05) is 0 Å². The number of amides is 1. The number of unbranched alkanes of at least 4 members (excludes halogenated alkanes) is 22. The van der Waals surface area contributed by atoms with Gasteiger partial charge < -0.3 is 14.8 Å². The molecular formula is C39H69NO4. The molecule has 1 unspecified atom stereocenters. The Labute approximate surface area is 272 Å². The summed E-state index contributed by atoms with van der Waals surface area (Å²) >= 11 is 0. The van der Waals surface area contributed by atoms with Crippen molar-refractivity contribution in [3.63, 3.8) is 0 Å². The van der Waals surface area contributed by atoms with Gasteiger partial charge in [0.05, 0.1) is 12.7 Å². The van der Waals surface area contributed by atoms with Gasteiger partial charge in [-0.1, -0.05) is 173 Å². The molecule has 44 heavy (non-hydrogen) atoms. The number of nitrogens with one attached hydrogen (secondary N) is 1. The van der Waals surface area contributed by atoms with Gasteiger partial charge in [0.15, 0.2) is 6.29 Å². The lowest BCUT2D eigenvalue weighted by Crippen LogP contribution is -2.37. The molecule has 0 saturated carbocycles. The van der Waals surface area contributed by atoms with E-state index in [1.54, 1.807) is 24.3 Å². The number of hydrogen-bond donors (Lipinski definition) is 1. The van der Waals surface area contributed by atoms with Gasteiger partial charge in [-0.05, 0) is 18.9 Å². The van der Waals surface area contributed by atoms with Crippen molar-refractivity contribution >= 4 is 12.2 Å². The summed E-state index contributed by atoms with van der Waals surface area (Å²) in [6, 6.07) is 6.90. The second-order valence-electron chi connectivity index (χ2n) is 12.8. The third-order valence-electron chi connectivity index (χ3n) is 8.62. The summed E-state index contributed by atoms with van der Waals surface area (Å²) in [5.41, 5.74) is 0.807. The molecule has 1 rings (SSSR count). The van der Waals surface area contributed by atoms with E-state index in [1.165, 1.54) is 141 Å². The number of ether oxygens (including phenoxy) is 2. The molecule has 0 aromatic heterocycles. The van der Waals surface area contributed by atoms with E-state index < -0.39 is 0 Å². The quantitative estimate of drug-likeness (QED) is 0.0631. The zero-order valence-corrected chi connectivity index (χ0v) is 28.9. The average molecular weight is 616 g/mol. The van der Waals surface area contributed by atoms with E-state index in [-0.39, 0.29) is 12.0 Å². The Morgan fingerprint density at radius 2 is 1.07 bits per heavy atom. The molecular weight excluding hydrogens is 546 g/mol. The highest BCUT2D eigenvalue weighted by Crippen LogP contribution is 2.14. The van der Waals surface area contributed by atoms with Gasteiger partial charge >= 0.3 is 0 Å². The van der Waals surface area contributed by atoms with Gasteiger partial charge in [-0.2, -0.15) is 0 Å². The number of carbonyl (C=O) groups excluding carboxylic acids is 2. The summed E-state index contributed by atoms with van der Waals surface area (Å²) in [7, 11) is 0. The van der Waals surface area contributed by atoms with Crippen molar-refractivity contribution in [2.24, 2.45) is 0 Å². The summed E-state index contributed by atoms with van der Waals surface area (Å²) in [5, 5.41) is 2.97. The molecule has 1 atom stereocenters. The lowest BCUT2D eigenvalue weighted by molar-refractivity contribution is -0.0170. The Bertz CT molecular complexity index is 783. The highest BCUT2D eigenvalue weighted by molar-refractivity contribution is 6.01. The lowest BCUT2D eigenvalue weighted by Gasteiger charge is -2.19. The number of benzene rings is 1. The van der Waals surface area contributed by atoms with E-state index in [0.717, 1.165) is 25.7 Å². The van der Waals surface area contributed by atoms with E-state index in [4.69, 9.17) is 9.47 Å². The maximum absolute atomic E-state index is 12.8. The van der Waals surface area contributed by atoms with Gasteiger partial charge in [-0.15, -0.1) is 0 Å². The zero-order chi connectivity index (χ0) is 31.8. The second-order valence-corrected chi connectivity index (χ2v) is 12.8. The van der Waals surface area contributed by atoms with Crippen molar-refractivity contribution in [3.8, 4) is 0 Å². The first kappa shape index (κ1) is 40.3. The fraction of sp³-hybridized carbons (Fsp3) is 0.795. The van der Waals surface area contributed by atoms with Crippen LogP contribution < -0.4 is 5.32 Å². The van der Waals surface area contributed by atoms with Crippen molar-refractivity contribution in [1.82, 2.24) is 5.32 Å². The molecule has 0 aliphatic carbocycles. The Morgan fingerprint density at radius 3 is 1.55 bits per heavy atom. The van der Waals surface area contributed by atoms with Crippen LogP contribution in [-0.2, 0) is 9.47 Å². The molecule has 5 nitrogen and oxygen atoms in total. The maximum Gasteiger partial charge on any atom is 0.252 e. The SMILES string of the molecule is CCCCCCCCCCCCCCOCC(CNC(=O)c1ccccc1C=O)OCCCCCCCCCCCCCC. The molecule has 0 aliphatic rings. The molecule has 1 aromatic rings. The van der Waals surface area contributed by atoms with Gasteiger partial charge in [0.1, 0.15) is 0 Å². The number of hydrogen-bond acceptors (Lipinski definition) is 4. The van der Waals surface area contributed by atoms with Gasteiger partial charge in [0.2, 0.25) is 0 Å². The van der Waals surface area contributed by atoms with Crippen LogP contribution in [0.5, 0.6) is 0 Å². The Balaban J connectivity index is 2.22. The van der Waals surface area contributed by atoms with Gasteiger partial charge in [-0.3, -0.25) is 9.59 Å². The monoisotopic (exact) mass is 616 g/mol. The topological polar surface area (TPSA) is 64.6 Å². The first-order chi connectivity index (χ1) is 21.7. The Hall–Kier alpha value is -1.72. The molecule has 0 bridgehead atoms. The maximum atomic E-state index is 12.8. The first-order valence-electron chi connectivity index (χ1n) is 18.7. The molecule has 0 heterocycles. The van der Waals surface area contributed by atoms with Crippen molar-refractivity contribution in [2.45, 2.75) is 174 Å². The summed E-state index contributed by atoms with van der Waals surface area (Å²) in [6.45, 7) is 6.82. The fourth-order valence-electron chi connectivity index (χ4n) is 5.73. The van der Waals surface area contributed by atoms with Crippen molar-refractivity contribution in [1.29, 1.82) is 0 Å². The lowest BCUT2D eigenvalue weighted by atomic mass is 10.1. The summed E-state index contributed by atoms with van der Waals surface area (Å²) in [4.78, 5) is 24.1. The van der Waals surface area contributed by atoms with E-state index in [0.29, 0.717) is 30.9 Å². The summed E-state index contributed by atoms with van der Waals surface area (Å²) in [5.74, 6) is -0.243. The van der Waals surface area contributed by atoms with Crippen LogP contribution in [0, 0.1) is 0 Å². The van der Waals surface area contributed by atoms with E-state index in [9.17, 15) is 9.59 Å². The Kier molecular flexibility index (Phi) is 28.6. The molecule has 1 aromatic carbocycles. The smallest absolute Gasteiger partial charge is 0.252 e. The molecule has 0 radical (unpaired) electrons. The molecule has 1 amide bonds. The van der Waals surface area contributed by atoms with Crippen LogP contribution in [0.2, 0.25) is 0 Å². The van der Waals surface area contributed by atoms with Crippen molar-refractivity contribution in [3.05, 3.63) is 35.4 Å². The highest BCUT2D eigenvalue weighted by atomic mass is 16.5. The van der Waals surface area contributed by atoms with Crippen LogP contribution in [0.3, 0.4) is 0 Å². The van der Waals surface area contributed by atoms with Crippen molar-refractivity contribution < 1.29 is 19.1 Å². The molecule has 0 aliphatic heterocycles. The van der Waals surface area contributed by atoms with E-state index in [2.05, 4.69) is 19.2 Å². The molecule has 254 valence electrons. The van der Waals surface area contributed by atoms with Gasteiger partial charge in [0, 0.05) is 30.9 Å². The van der Waals surface area contributed by atoms with Gasteiger partial charge in [0.25, 0.3) is 5.91 Å². The predicted molar refractivity (Wildman–Crippen MR) is 187 cm³/mol. The Morgan fingerprint density at radius 1 is 0.636 bits per heavy atom.